The van der Waals surface area contributed by atoms with Gasteiger partial charge in [0.2, 0.25) is 0 Å². The molecule has 2 nitrogen and oxygen atoms in total. The molecule has 0 aliphatic rings. The third-order valence-electron chi connectivity index (χ3n) is 2.88. The van der Waals surface area contributed by atoms with Crippen molar-refractivity contribution in [3.63, 3.8) is 0 Å². The van der Waals surface area contributed by atoms with Crippen molar-refractivity contribution < 1.29 is 22.7 Å². The van der Waals surface area contributed by atoms with E-state index >= 15 is 0 Å². The first-order valence-electron chi connectivity index (χ1n) is 5.94. The molecule has 1 aromatic rings. The second-order valence-corrected chi connectivity index (χ2v) is 4.80. The molecule has 1 rings (SSSR count). The van der Waals surface area contributed by atoms with Crippen LogP contribution >= 0.6 is 0 Å². The molecule has 19 heavy (non-hydrogen) atoms. The van der Waals surface area contributed by atoms with Gasteiger partial charge < -0.3 is 10.4 Å². The summed E-state index contributed by atoms with van der Waals surface area (Å²) in [6.45, 7) is 3.71. The molecule has 0 radical (unpaired) electrons. The van der Waals surface area contributed by atoms with Crippen LogP contribution in [0.1, 0.15) is 31.4 Å². The van der Waals surface area contributed by atoms with E-state index in [-0.39, 0.29) is 18.7 Å². The fourth-order valence-electron chi connectivity index (χ4n) is 1.52. The number of hydrogen-bond acceptors (Lipinski definition) is 2. The van der Waals surface area contributed by atoms with Crippen LogP contribution in [0.3, 0.4) is 0 Å². The van der Waals surface area contributed by atoms with Crippen LogP contribution in [0.4, 0.5) is 17.6 Å². The molecular formula is C13H17F4NO. The lowest BCUT2D eigenvalue weighted by atomic mass is 10.0. The molecular weight excluding hydrogens is 262 g/mol. The highest BCUT2D eigenvalue weighted by molar-refractivity contribution is 5.26. The molecule has 2 N–H and O–H groups in total. The van der Waals surface area contributed by atoms with E-state index in [2.05, 4.69) is 5.32 Å². The van der Waals surface area contributed by atoms with Crippen LogP contribution in [0.15, 0.2) is 18.2 Å². The minimum Gasteiger partial charge on any atom is -0.389 e. The zero-order valence-corrected chi connectivity index (χ0v) is 10.8. The van der Waals surface area contributed by atoms with E-state index < -0.39 is 23.2 Å². The number of aliphatic hydroxyl groups is 1. The molecule has 0 saturated heterocycles. The van der Waals surface area contributed by atoms with Gasteiger partial charge in [-0.05, 0) is 37.1 Å². The topological polar surface area (TPSA) is 32.3 Å². The zero-order chi connectivity index (χ0) is 14.7. The summed E-state index contributed by atoms with van der Waals surface area (Å²) in [6, 6.07) is 2.41. The SMILES string of the molecule is CCC(C)(O)CNCc1cc(F)cc(C(F)(F)F)c1. The second-order valence-electron chi connectivity index (χ2n) is 4.80. The Morgan fingerprint density at radius 1 is 1.21 bits per heavy atom. The Balaban J connectivity index is 2.72. The monoisotopic (exact) mass is 279 g/mol. The van der Waals surface area contributed by atoms with Gasteiger partial charge in [0.05, 0.1) is 11.2 Å². The van der Waals surface area contributed by atoms with Crippen molar-refractivity contribution >= 4 is 0 Å². The Morgan fingerprint density at radius 2 is 1.84 bits per heavy atom. The van der Waals surface area contributed by atoms with Crippen molar-refractivity contribution in [2.45, 2.75) is 38.6 Å². The Morgan fingerprint density at radius 3 is 2.37 bits per heavy atom. The second kappa shape index (κ2) is 5.88. The number of nitrogens with one attached hydrogen (secondary N) is 1. The summed E-state index contributed by atoms with van der Waals surface area (Å²) < 4.78 is 50.6. The lowest BCUT2D eigenvalue weighted by molar-refractivity contribution is -0.137. The number of benzene rings is 1. The summed E-state index contributed by atoms with van der Waals surface area (Å²) in [5, 5.41) is 12.5. The number of rotatable bonds is 5. The minimum absolute atomic E-state index is 0.0665. The summed E-state index contributed by atoms with van der Waals surface area (Å²) in [6.07, 6.45) is -4.05. The van der Waals surface area contributed by atoms with Crippen molar-refractivity contribution in [1.29, 1.82) is 0 Å². The van der Waals surface area contributed by atoms with Gasteiger partial charge in [-0.1, -0.05) is 6.92 Å². The summed E-state index contributed by atoms with van der Waals surface area (Å²) in [5.41, 5.74) is -1.74. The van der Waals surface area contributed by atoms with E-state index in [1.807, 2.05) is 0 Å². The number of halogens is 4. The molecule has 108 valence electrons. The highest BCUT2D eigenvalue weighted by Gasteiger charge is 2.31. The molecule has 1 unspecified atom stereocenters. The molecule has 0 aliphatic carbocycles. The quantitative estimate of drug-likeness (QED) is 0.812. The molecule has 0 bridgehead atoms. The van der Waals surface area contributed by atoms with Gasteiger partial charge in [0, 0.05) is 13.1 Å². The van der Waals surface area contributed by atoms with Gasteiger partial charge in [-0.3, -0.25) is 0 Å². The first-order valence-corrected chi connectivity index (χ1v) is 5.94. The lowest BCUT2D eigenvalue weighted by Crippen LogP contribution is -2.36. The average Bonchev–Trinajstić information content (AvgIpc) is 2.27. The van der Waals surface area contributed by atoms with Crippen LogP contribution in [0.2, 0.25) is 0 Å². The van der Waals surface area contributed by atoms with Crippen molar-refractivity contribution in [3.05, 3.63) is 35.1 Å². The molecule has 1 aromatic carbocycles. The Kier molecular flexibility index (Phi) is 4.92. The Bertz CT molecular complexity index is 429. The van der Waals surface area contributed by atoms with Crippen molar-refractivity contribution in [1.82, 2.24) is 5.32 Å². The van der Waals surface area contributed by atoms with E-state index in [1.54, 1.807) is 13.8 Å². The van der Waals surface area contributed by atoms with Gasteiger partial charge in [0.1, 0.15) is 5.82 Å². The normalized spacial score (nSPS) is 15.3. The predicted molar refractivity (Wildman–Crippen MR) is 64.0 cm³/mol. The van der Waals surface area contributed by atoms with Crippen molar-refractivity contribution in [2.24, 2.45) is 0 Å². The molecule has 0 spiro atoms. The maximum absolute atomic E-state index is 13.1. The van der Waals surface area contributed by atoms with Gasteiger partial charge in [-0.25, -0.2) is 4.39 Å². The van der Waals surface area contributed by atoms with Gasteiger partial charge in [0.25, 0.3) is 0 Å². The van der Waals surface area contributed by atoms with Gasteiger partial charge >= 0.3 is 6.18 Å². The smallest absolute Gasteiger partial charge is 0.389 e. The van der Waals surface area contributed by atoms with E-state index in [4.69, 9.17) is 0 Å². The minimum atomic E-state index is -4.56. The van der Waals surface area contributed by atoms with Gasteiger partial charge in [0.15, 0.2) is 0 Å². The molecule has 0 fully saturated rings. The molecule has 0 aliphatic heterocycles. The molecule has 6 heteroatoms. The van der Waals surface area contributed by atoms with Crippen LogP contribution < -0.4 is 5.32 Å². The molecule has 0 saturated carbocycles. The van der Waals surface area contributed by atoms with Gasteiger partial charge in [-0.2, -0.15) is 13.2 Å². The summed E-state index contributed by atoms with van der Waals surface area (Å²) in [7, 11) is 0. The lowest BCUT2D eigenvalue weighted by Gasteiger charge is -2.21. The van der Waals surface area contributed by atoms with Crippen LogP contribution in [-0.4, -0.2) is 17.3 Å². The van der Waals surface area contributed by atoms with E-state index in [9.17, 15) is 22.7 Å². The molecule has 0 heterocycles. The third-order valence-corrected chi connectivity index (χ3v) is 2.88. The highest BCUT2D eigenvalue weighted by atomic mass is 19.4. The fraction of sp³-hybridized carbons (Fsp3) is 0.538. The summed E-state index contributed by atoms with van der Waals surface area (Å²) >= 11 is 0. The van der Waals surface area contributed by atoms with Crippen LogP contribution in [-0.2, 0) is 12.7 Å². The van der Waals surface area contributed by atoms with E-state index in [1.165, 1.54) is 0 Å². The van der Waals surface area contributed by atoms with E-state index in [0.717, 1.165) is 12.1 Å². The number of hydrogen-bond donors (Lipinski definition) is 2. The maximum Gasteiger partial charge on any atom is 0.416 e. The summed E-state index contributed by atoms with van der Waals surface area (Å²) in [4.78, 5) is 0. The third kappa shape index (κ3) is 5.16. The molecule has 0 aromatic heterocycles. The van der Waals surface area contributed by atoms with Crippen molar-refractivity contribution in [3.8, 4) is 0 Å². The van der Waals surface area contributed by atoms with Crippen LogP contribution in [0.5, 0.6) is 0 Å². The standard InChI is InChI=1S/C13H17F4NO/c1-3-12(2,19)8-18-7-9-4-10(13(15,16)17)6-11(14)5-9/h4-6,18-19H,3,7-8H2,1-2H3. The maximum atomic E-state index is 13.1. The van der Waals surface area contributed by atoms with Crippen LogP contribution in [0, 0.1) is 5.82 Å². The largest absolute Gasteiger partial charge is 0.416 e. The predicted octanol–water partition coefficient (Wildman–Crippen LogP) is 3.10. The van der Waals surface area contributed by atoms with E-state index in [0.29, 0.717) is 12.5 Å². The Labute approximate surface area is 109 Å². The van der Waals surface area contributed by atoms with Gasteiger partial charge in [-0.15, -0.1) is 0 Å². The first kappa shape index (κ1) is 15.9. The number of alkyl halides is 3. The Hall–Kier alpha value is -1.14. The highest BCUT2D eigenvalue weighted by Crippen LogP contribution is 2.30. The first-order chi connectivity index (χ1) is 8.64. The fourth-order valence-corrected chi connectivity index (χ4v) is 1.52. The zero-order valence-electron chi connectivity index (χ0n) is 10.8. The van der Waals surface area contributed by atoms with Crippen molar-refractivity contribution in [2.75, 3.05) is 6.54 Å². The molecule has 1 atom stereocenters. The molecule has 0 amide bonds. The summed E-state index contributed by atoms with van der Waals surface area (Å²) in [5.74, 6) is -0.922. The van der Waals surface area contributed by atoms with Crippen LogP contribution in [0.25, 0.3) is 0 Å². The average molecular weight is 279 g/mol.